The Kier molecular flexibility index (Phi) is 3.85. The van der Waals surface area contributed by atoms with Crippen LogP contribution in [0.15, 0.2) is 18.2 Å². The minimum absolute atomic E-state index is 0.119. The maximum atomic E-state index is 12.4. The second-order valence-electron chi connectivity index (χ2n) is 5.91. The monoisotopic (exact) mass is 304 g/mol. The number of methoxy groups -OCH3 is 1. The van der Waals surface area contributed by atoms with E-state index < -0.39 is 0 Å². The van der Waals surface area contributed by atoms with Crippen LogP contribution in [0.3, 0.4) is 0 Å². The van der Waals surface area contributed by atoms with Gasteiger partial charge >= 0.3 is 0 Å². The van der Waals surface area contributed by atoms with Gasteiger partial charge in [-0.1, -0.05) is 25.1 Å². The second kappa shape index (κ2) is 5.64. The molecule has 4 nitrogen and oxygen atoms in total. The fraction of sp³-hybridized carbons (Fsp3) is 0.500. The Labute approximate surface area is 130 Å². The van der Waals surface area contributed by atoms with E-state index in [1.54, 1.807) is 25.3 Å². The topological polar surface area (TPSA) is 64.3 Å². The highest BCUT2D eigenvalue weighted by Crippen LogP contribution is 2.55. The first-order chi connectivity index (χ1) is 10.1. The van der Waals surface area contributed by atoms with Gasteiger partial charge < -0.3 is 15.8 Å². The molecule has 0 spiro atoms. The fourth-order valence-corrected chi connectivity index (χ4v) is 3.67. The lowest BCUT2D eigenvalue weighted by atomic mass is 10.0. The number of ether oxygens (including phenoxy) is 1. The summed E-state index contributed by atoms with van der Waals surface area (Å²) < 4.78 is 5.33. The van der Waals surface area contributed by atoms with Crippen LogP contribution in [0.5, 0.6) is 5.75 Å². The zero-order valence-electron chi connectivity index (χ0n) is 12.1. The van der Waals surface area contributed by atoms with Crippen molar-refractivity contribution in [1.82, 2.24) is 0 Å². The van der Waals surface area contributed by atoms with Crippen molar-refractivity contribution in [2.24, 2.45) is 23.5 Å². The first-order valence-electron chi connectivity index (χ1n) is 7.40. The molecule has 0 saturated heterocycles. The van der Waals surface area contributed by atoms with Crippen LogP contribution in [0.25, 0.3) is 0 Å². The van der Waals surface area contributed by atoms with Gasteiger partial charge in [-0.05, 0) is 42.9 Å². The normalized spacial score (nSPS) is 26.6. The van der Waals surface area contributed by atoms with Crippen molar-refractivity contribution in [3.05, 3.63) is 23.8 Å². The van der Waals surface area contributed by atoms with Crippen molar-refractivity contribution >= 4 is 28.8 Å². The minimum Gasteiger partial charge on any atom is -0.495 e. The van der Waals surface area contributed by atoms with Crippen LogP contribution in [-0.4, -0.2) is 18.0 Å². The average Bonchev–Trinajstić information content (AvgIpc) is 3.21. The number of carbonyl (C=O) groups is 1. The molecule has 0 radical (unpaired) electrons. The summed E-state index contributed by atoms with van der Waals surface area (Å²) in [6.07, 6.45) is 4.91. The summed E-state index contributed by atoms with van der Waals surface area (Å²) in [5.41, 5.74) is 7.04. The second-order valence-corrected chi connectivity index (χ2v) is 6.35. The number of thiocarbonyl (C=S) groups is 1. The summed E-state index contributed by atoms with van der Waals surface area (Å²) >= 11 is 4.96. The van der Waals surface area contributed by atoms with Gasteiger partial charge in [0.2, 0.25) is 5.91 Å². The first kappa shape index (κ1) is 14.3. The predicted molar refractivity (Wildman–Crippen MR) is 86.4 cm³/mol. The summed E-state index contributed by atoms with van der Waals surface area (Å²) in [5, 5.41) is 3.00. The van der Waals surface area contributed by atoms with Crippen LogP contribution < -0.4 is 15.8 Å². The van der Waals surface area contributed by atoms with Crippen LogP contribution in [0.2, 0.25) is 0 Å². The Balaban J connectivity index is 1.72. The molecule has 2 aliphatic rings. The minimum atomic E-state index is 0.119. The number of anilines is 1. The number of hydrogen-bond donors (Lipinski definition) is 2. The molecule has 2 unspecified atom stereocenters. The number of carbonyl (C=O) groups excluding carboxylic acids is 1. The highest BCUT2D eigenvalue weighted by atomic mass is 32.1. The number of amides is 1. The average molecular weight is 304 g/mol. The lowest BCUT2D eigenvalue weighted by Gasteiger charge is -2.11. The number of nitrogens with two attached hydrogens (primary N) is 1. The molecule has 1 amide bonds. The molecule has 5 heteroatoms. The maximum Gasteiger partial charge on any atom is 0.228 e. The SMILES string of the molecule is COc1cc(C(N)=S)ccc1NC(=O)C1C2CCCCC21. The number of nitrogens with one attached hydrogen (secondary N) is 1. The smallest absolute Gasteiger partial charge is 0.228 e. The highest BCUT2D eigenvalue weighted by molar-refractivity contribution is 7.80. The number of benzene rings is 1. The fourth-order valence-electron chi connectivity index (χ4n) is 3.55. The molecule has 21 heavy (non-hydrogen) atoms. The van der Waals surface area contributed by atoms with Crippen molar-refractivity contribution in [1.29, 1.82) is 0 Å². The Morgan fingerprint density at radius 3 is 2.57 bits per heavy atom. The van der Waals surface area contributed by atoms with Gasteiger partial charge in [0.25, 0.3) is 0 Å². The Bertz CT molecular complexity index is 576. The molecule has 3 N–H and O–H groups in total. The molecule has 2 fully saturated rings. The van der Waals surface area contributed by atoms with Crippen LogP contribution >= 0.6 is 12.2 Å². The molecule has 112 valence electrons. The third kappa shape index (κ3) is 2.75. The van der Waals surface area contributed by atoms with E-state index in [4.69, 9.17) is 22.7 Å². The number of rotatable bonds is 4. The Morgan fingerprint density at radius 1 is 1.33 bits per heavy atom. The number of fused-ring (bicyclic) bond motifs is 1. The molecule has 0 aromatic heterocycles. The summed E-state index contributed by atoms with van der Waals surface area (Å²) in [5.74, 6) is 2.10. The van der Waals surface area contributed by atoms with Gasteiger partial charge in [-0.25, -0.2) is 0 Å². The van der Waals surface area contributed by atoms with Gasteiger partial charge in [0.15, 0.2) is 0 Å². The molecule has 2 saturated carbocycles. The van der Waals surface area contributed by atoms with Crippen LogP contribution in [0, 0.1) is 17.8 Å². The number of hydrogen-bond acceptors (Lipinski definition) is 3. The van der Waals surface area contributed by atoms with E-state index in [2.05, 4.69) is 5.32 Å². The van der Waals surface area contributed by atoms with Gasteiger partial charge in [0.1, 0.15) is 10.7 Å². The molecule has 0 aliphatic heterocycles. The van der Waals surface area contributed by atoms with Gasteiger partial charge in [-0.2, -0.15) is 0 Å². The third-order valence-electron chi connectivity index (χ3n) is 4.70. The zero-order chi connectivity index (χ0) is 15.0. The summed E-state index contributed by atoms with van der Waals surface area (Å²) in [6.45, 7) is 0. The molecule has 3 rings (SSSR count). The van der Waals surface area contributed by atoms with E-state index in [0.29, 0.717) is 28.3 Å². The van der Waals surface area contributed by atoms with Crippen LogP contribution in [-0.2, 0) is 4.79 Å². The predicted octanol–water partition coefficient (Wildman–Crippen LogP) is 2.70. The molecule has 1 aromatic rings. The van der Waals surface area contributed by atoms with Crippen molar-refractivity contribution in [2.75, 3.05) is 12.4 Å². The van der Waals surface area contributed by atoms with E-state index >= 15 is 0 Å². The highest BCUT2D eigenvalue weighted by Gasteiger charge is 2.54. The maximum absolute atomic E-state index is 12.4. The van der Waals surface area contributed by atoms with E-state index in [9.17, 15) is 4.79 Å². The van der Waals surface area contributed by atoms with Gasteiger partial charge in [0.05, 0.1) is 12.8 Å². The summed E-state index contributed by atoms with van der Waals surface area (Å²) in [4.78, 5) is 12.7. The molecule has 0 heterocycles. The van der Waals surface area contributed by atoms with E-state index in [0.717, 1.165) is 5.56 Å². The standard InChI is InChI=1S/C16H20N2O2S/c1-20-13-8-9(15(17)21)6-7-12(13)18-16(19)14-10-4-2-3-5-11(10)14/h6-8,10-11,14H,2-5H2,1H3,(H2,17,21)(H,18,19). The summed E-state index contributed by atoms with van der Waals surface area (Å²) in [6, 6.07) is 5.37. The largest absolute Gasteiger partial charge is 0.495 e. The Hall–Kier alpha value is -1.62. The van der Waals surface area contributed by atoms with Crippen molar-refractivity contribution in [3.63, 3.8) is 0 Å². The lowest BCUT2D eigenvalue weighted by Crippen LogP contribution is -2.16. The van der Waals surface area contributed by atoms with E-state index in [1.165, 1.54) is 25.7 Å². The molecule has 2 atom stereocenters. The van der Waals surface area contributed by atoms with Gasteiger partial charge in [-0.3, -0.25) is 4.79 Å². The molecule has 0 bridgehead atoms. The zero-order valence-corrected chi connectivity index (χ0v) is 12.9. The quantitative estimate of drug-likeness (QED) is 0.840. The van der Waals surface area contributed by atoms with Crippen molar-refractivity contribution in [3.8, 4) is 5.75 Å². The van der Waals surface area contributed by atoms with Crippen molar-refractivity contribution in [2.45, 2.75) is 25.7 Å². The van der Waals surface area contributed by atoms with Gasteiger partial charge in [-0.15, -0.1) is 0 Å². The van der Waals surface area contributed by atoms with Crippen molar-refractivity contribution < 1.29 is 9.53 Å². The van der Waals surface area contributed by atoms with E-state index in [1.807, 2.05) is 0 Å². The van der Waals surface area contributed by atoms with E-state index in [-0.39, 0.29) is 11.8 Å². The van der Waals surface area contributed by atoms with Crippen LogP contribution in [0.1, 0.15) is 31.2 Å². The lowest BCUT2D eigenvalue weighted by molar-refractivity contribution is -0.117. The van der Waals surface area contributed by atoms with Crippen LogP contribution in [0.4, 0.5) is 5.69 Å². The van der Waals surface area contributed by atoms with Gasteiger partial charge in [0, 0.05) is 11.5 Å². The summed E-state index contributed by atoms with van der Waals surface area (Å²) in [7, 11) is 1.57. The third-order valence-corrected chi connectivity index (χ3v) is 4.94. The molecule has 2 aliphatic carbocycles. The Morgan fingerprint density at radius 2 is 2.00 bits per heavy atom. The molecular weight excluding hydrogens is 284 g/mol. The molecule has 1 aromatic carbocycles. The molecular formula is C16H20N2O2S. The first-order valence-corrected chi connectivity index (χ1v) is 7.81.